The molecule has 5 atom stereocenters. The van der Waals surface area contributed by atoms with Gasteiger partial charge in [0.25, 0.3) is 11.9 Å². The van der Waals surface area contributed by atoms with Gasteiger partial charge in [0.05, 0.1) is 10.7 Å². The fraction of sp³-hybridized carbons (Fsp3) is 0.357. The van der Waals surface area contributed by atoms with Gasteiger partial charge in [0, 0.05) is 11.1 Å². The van der Waals surface area contributed by atoms with E-state index in [0.29, 0.717) is 22.6 Å². The summed E-state index contributed by atoms with van der Waals surface area (Å²) < 4.78 is 7.09. The number of quaternary nitrogens is 1. The number of carbonyl (C=O) groups excluding carboxylic acids is 3. The van der Waals surface area contributed by atoms with Gasteiger partial charge in [-0.1, -0.05) is 112 Å². The molecule has 4 heterocycles. The maximum absolute atomic E-state index is 14.7. The van der Waals surface area contributed by atoms with E-state index in [0.717, 1.165) is 16.5 Å². The number of β-lactam (4-membered cyclic amide) rings is 1. The van der Waals surface area contributed by atoms with Gasteiger partial charge in [-0.25, -0.2) is 9.59 Å². The Morgan fingerprint density at radius 2 is 1.69 bits per heavy atom. The number of nitrogens with zero attached hydrogens (tertiary/aromatic N) is 3. The molecule has 0 N–H and O–H groups in total. The number of hydrogen-bond donors (Lipinski definition) is 0. The number of rotatable bonds is 9. The third-order valence-corrected chi connectivity index (χ3v) is 10.2. The summed E-state index contributed by atoms with van der Waals surface area (Å²) in [5, 5.41) is 5.61. The van der Waals surface area contributed by atoms with Crippen LogP contribution in [0.1, 0.15) is 36.7 Å². The first-order valence-corrected chi connectivity index (χ1v) is 16.0. The number of aryl methyl sites for hydroxylation is 1. The average molecular weight is 693 g/mol. The topological polar surface area (TPSA) is 89.7 Å². The Bertz CT molecular complexity index is 1520. The molecule has 6 rings (SSSR count). The Morgan fingerprint density at radius 3 is 2.21 bits per heavy atom. The first-order chi connectivity index (χ1) is 19.8. The van der Waals surface area contributed by atoms with Crippen molar-refractivity contribution in [2.75, 3.05) is 6.61 Å². The molecule has 0 radical (unpaired) electrons. The van der Waals surface area contributed by atoms with Gasteiger partial charge in [0.15, 0.2) is 0 Å². The van der Waals surface area contributed by atoms with Crippen LogP contribution < -0.4 is 0 Å². The van der Waals surface area contributed by atoms with Crippen molar-refractivity contribution in [2.24, 2.45) is 0 Å². The van der Waals surface area contributed by atoms with E-state index in [-0.39, 0.29) is 0 Å². The number of amides is 2. The first-order valence-electron chi connectivity index (χ1n) is 12.8. The molecule has 42 heavy (non-hydrogen) atoms. The van der Waals surface area contributed by atoms with Gasteiger partial charge in [-0.15, -0.1) is 4.59 Å². The lowest BCUT2D eigenvalue weighted by molar-refractivity contribution is -1.08. The fourth-order valence-corrected chi connectivity index (χ4v) is 7.01. The van der Waals surface area contributed by atoms with Gasteiger partial charge in [-0.05, 0) is 48.0 Å². The minimum absolute atomic E-state index is 0.421. The summed E-state index contributed by atoms with van der Waals surface area (Å²) in [4.78, 5) is 41.9. The molecule has 0 saturated carbocycles. The SMILES string of the molecule is Cc1onc(-c2ccccc2)c1C(C(=O)N1C2C(=O)[N+]1(C(C(=O)OCC(Cl)(Cl)Cl)C(C)(C)SCl)C2Cl)c1ccccc1. The molecule has 14 heteroatoms. The summed E-state index contributed by atoms with van der Waals surface area (Å²) in [6.45, 7) is 4.44. The maximum Gasteiger partial charge on any atom is 0.376 e. The molecule has 3 aliphatic heterocycles. The van der Waals surface area contributed by atoms with Gasteiger partial charge in [-0.3, -0.25) is 4.79 Å². The van der Waals surface area contributed by atoms with Crippen LogP contribution in [0.3, 0.4) is 0 Å². The molecule has 3 aliphatic rings. The largest absolute Gasteiger partial charge is 0.457 e. The zero-order chi connectivity index (χ0) is 30.6. The second kappa shape index (κ2) is 11.5. The van der Waals surface area contributed by atoms with Crippen molar-refractivity contribution in [2.45, 2.75) is 52.8 Å². The smallest absolute Gasteiger partial charge is 0.376 e. The standard InChI is InChI=1S/C28H25Cl5N3O5S/c1-15-18(20(34-41-15)17-12-8-5-9-13-17)19(16-10-6-4-7-11-16)24(37)35-21-23(29)36(35,25(21)38)22(27(2,3)42-33)26(39)40-14-28(30,31)32/h4-13,19,21-23H,14H2,1-3H3/q+1. The lowest BCUT2D eigenvalue weighted by atomic mass is 9.81. The highest BCUT2D eigenvalue weighted by molar-refractivity contribution is 8.22. The van der Waals surface area contributed by atoms with E-state index in [1.807, 2.05) is 48.5 Å². The Hall–Kier alpha value is -1.98. The third-order valence-electron chi connectivity index (χ3n) is 7.56. The second-order valence-corrected chi connectivity index (χ2v) is 15.2. The molecular weight excluding hydrogens is 668 g/mol. The quantitative estimate of drug-likeness (QED) is 0.0804. The Labute approximate surface area is 271 Å². The number of halogens is 5. The molecule has 1 aromatic heterocycles. The maximum atomic E-state index is 14.7. The van der Waals surface area contributed by atoms with E-state index >= 15 is 0 Å². The minimum Gasteiger partial charge on any atom is -0.457 e. The van der Waals surface area contributed by atoms with Crippen LogP contribution in [0.4, 0.5) is 0 Å². The van der Waals surface area contributed by atoms with Crippen molar-refractivity contribution in [1.29, 1.82) is 0 Å². The molecule has 2 bridgehead atoms. The number of hydrogen-bond acceptors (Lipinski definition) is 7. The van der Waals surface area contributed by atoms with Crippen LogP contribution in [0.15, 0.2) is 65.2 Å². The number of carbonyl (C=O) groups is 3. The summed E-state index contributed by atoms with van der Waals surface area (Å²) in [6, 6.07) is 16.1. The third kappa shape index (κ3) is 5.01. The van der Waals surface area contributed by atoms with E-state index < -0.39 is 61.0 Å². The normalized spacial score (nSPS) is 23.0. The van der Waals surface area contributed by atoms with Crippen molar-refractivity contribution < 1.29 is 28.2 Å². The highest BCUT2D eigenvalue weighted by Gasteiger charge is 2.90. The summed E-state index contributed by atoms with van der Waals surface area (Å²) in [6.07, 6.45) is 0. The first kappa shape index (κ1) is 31.4. The Kier molecular flexibility index (Phi) is 8.61. The average Bonchev–Trinajstić information content (AvgIpc) is 3.34. The van der Waals surface area contributed by atoms with Crippen molar-refractivity contribution in [3.63, 3.8) is 0 Å². The van der Waals surface area contributed by atoms with E-state index in [2.05, 4.69) is 5.16 Å². The molecule has 0 aliphatic carbocycles. The van der Waals surface area contributed by atoms with E-state index in [4.69, 9.17) is 66.3 Å². The fourth-order valence-electron chi connectivity index (χ4n) is 5.73. The minimum atomic E-state index is -1.90. The van der Waals surface area contributed by atoms with Crippen LogP contribution in [-0.2, 0) is 19.1 Å². The van der Waals surface area contributed by atoms with Crippen LogP contribution in [0.2, 0.25) is 0 Å². The molecule has 222 valence electrons. The number of ether oxygens (including phenoxy) is 1. The van der Waals surface area contributed by atoms with Gasteiger partial charge in [0.2, 0.25) is 15.3 Å². The van der Waals surface area contributed by atoms with Crippen LogP contribution in [0, 0.1) is 6.92 Å². The summed E-state index contributed by atoms with van der Waals surface area (Å²) >= 11 is 24.2. The lowest BCUT2D eigenvalue weighted by Crippen LogP contribution is -3.03. The number of benzene rings is 2. The highest BCUT2D eigenvalue weighted by atomic mass is 35.7. The summed E-state index contributed by atoms with van der Waals surface area (Å²) in [7, 11) is 7.04. The van der Waals surface area contributed by atoms with Gasteiger partial charge in [0.1, 0.15) is 18.1 Å². The van der Waals surface area contributed by atoms with Gasteiger partial charge >= 0.3 is 11.9 Å². The second-order valence-electron chi connectivity index (χ2n) is 10.6. The van der Waals surface area contributed by atoms with Crippen LogP contribution in [-0.4, -0.2) is 65.3 Å². The van der Waals surface area contributed by atoms with Crippen molar-refractivity contribution in [3.05, 3.63) is 77.6 Å². The Balaban J connectivity index is 1.62. The summed E-state index contributed by atoms with van der Waals surface area (Å²) in [5.41, 5.74) is 1.47. The molecule has 3 saturated heterocycles. The number of aromatic nitrogens is 1. The molecular formula is C28H25Cl5N3O5S+. The molecule has 0 spiro atoms. The van der Waals surface area contributed by atoms with Crippen LogP contribution >= 0.6 is 68.1 Å². The number of esters is 1. The van der Waals surface area contributed by atoms with Crippen molar-refractivity contribution >= 4 is 85.8 Å². The van der Waals surface area contributed by atoms with Gasteiger partial charge in [-0.2, -0.15) is 5.01 Å². The van der Waals surface area contributed by atoms with Crippen LogP contribution in [0.25, 0.3) is 11.3 Å². The number of alkyl halides is 4. The molecule has 2 aromatic carbocycles. The van der Waals surface area contributed by atoms with E-state index in [1.165, 1.54) is 5.01 Å². The zero-order valence-corrected chi connectivity index (χ0v) is 27.1. The highest BCUT2D eigenvalue weighted by Crippen LogP contribution is 2.59. The monoisotopic (exact) mass is 690 g/mol. The molecule has 3 fully saturated rings. The predicted molar refractivity (Wildman–Crippen MR) is 163 cm³/mol. The van der Waals surface area contributed by atoms with Crippen molar-refractivity contribution in [1.82, 2.24) is 10.2 Å². The van der Waals surface area contributed by atoms with Crippen molar-refractivity contribution in [3.8, 4) is 11.3 Å². The lowest BCUT2D eigenvalue weighted by Gasteiger charge is -2.70. The predicted octanol–water partition coefficient (Wildman–Crippen LogP) is 6.78. The molecule has 3 aromatic rings. The van der Waals surface area contributed by atoms with E-state index in [1.54, 1.807) is 32.9 Å². The molecule has 2 amide bonds. The zero-order valence-electron chi connectivity index (χ0n) is 22.5. The molecule has 8 nitrogen and oxygen atoms in total. The van der Waals surface area contributed by atoms with Gasteiger partial charge < -0.3 is 9.26 Å². The van der Waals surface area contributed by atoms with Crippen LogP contribution in [0.5, 0.6) is 0 Å². The molecule has 5 unspecified atom stereocenters. The Morgan fingerprint density at radius 1 is 1.10 bits per heavy atom. The summed E-state index contributed by atoms with van der Waals surface area (Å²) in [5.74, 6) is -2.31. The van der Waals surface area contributed by atoms with E-state index in [9.17, 15) is 14.4 Å².